The maximum Gasteiger partial charge on any atom is 0.261 e. The predicted molar refractivity (Wildman–Crippen MR) is 127 cm³/mol. The van der Waals surface area contributed by atoms with E-state index in [4.69, 9.17) is 0 Å². The van der Waals surface area contributed by atoms with Crippen LogP contribution in [0.25, 0.3) is 0 Å². The standard InChI is InChI=1S/C23H29N5O2S/c1-5-18-8-14-21(15-9-18)31(29,30)27-20-12-10-19(11-13-20)26-22-16-23(25-17(4)24-22)28(6-2)7-3/h8-16,27H,5-7H2,1-4H3,(H,24,25,26). The molecule has 31 heavy (non-hydrogen) atoms. The Morgan fingerprint density at radius 3 is 2.06 bits per heavy atom. The lowest BCUT2D eigenvalue weighted by molar-refractivity contribution is 0.601. The minimum atomic E-state index is -3.63. The topological polar surface area (TPSA) is 87.2 Å². The molecule has 0 aliphatic heterocycles. The molecule has 0 radical (unpaired) electrons. The third kappa shape index (κ3) is 5.73. The Balaban J connectivity index is 1.73. The van der Waals surface area contributed by atoms with E-state index in [1.54, 1.807) is 24.3 Å². The highest BCUT2D eigenvalue weighted by atomic mass is 32.2. The fourth-order valence-electron chi connectivity index (χ4n) is 3.21. The van der Waals surface area contributed by atoms with Crippen molar-refractivity contribution in [1.82, 2.24) is 9.97 Å². The second kappa shape index (κ2) is 9.78. The zero-order chi connectivity index (χ0) is 22.4. The highest BCUT2D eigenvalue weighted by Gasteiger charge is 2.14. The summed E-state index contributed by atoms with van der Waals surface area (Å²) in [5.74, 6) is 2.25. The number of anilines is 4. The Bertz CT molecular complexity index is 1110. The van der Waals surface area contributed by atoms with Gasteiger partial charge in [-0.3, -0.25) is 4.72 Å². The van der Waals surface area contributed by atoms with Gasteiger partial charge in [0.15, 0.2) is 0 Å². The third-order valence-corrected chi connectivity index (χ3v) is 6.36. The number of sulfonamides is 1. The fraction of sp³-hybridized carbons (Fsp3) is 0.304. The molecule has 0 spiro atoms. The lowest BCUT2D eigenvalue weighted by Crippen LogP contribution is -2.23. The molecule has 0 aliphatic rings. The average Bonchev–Trinajstić information content (AvgIpc) is 2.75. The zero-order valence-electron chi connectivity index (χ0n) is 18.4. The Kier molecular flexibility index (Phi) is 7.12. The number of aryl methyl sites for hydroxylation is 2. The maximum absolute atomic E-state index is 12.6. The second-order valence-electron chi connectivity index (χ2n) is 7.14. The molecule has 0 fully saturated rings. The van der Waals surface area contributed by atoms with Gasteiger partial charge in [-0.1, -0.05) is 19.1 Å². The lowest BCUT2D eigenvalue weighted by atomic mass is 10.2. The number of hydrogen-bond acceptors (Lipinski definition) is 6. The van der Waals surface area contributed by atoms with E-state index in [0.717, 1.165) is 36.6 Å². The van der Waals surface area contributed by atoms with Crippen LogP contribution in [-0.2, 0) is 16.4 Å². The summed E-state index contributed by atoms with van der Waals surface area (Å²) in [6, 6.07) is 15.9. The highest BCUT2D eigenvalue weighted by Crippen LogP contribution is 2.23. The second-order valence-corrected chi connectivity index (χ2v) is 8.82. The van der Waals surface area contributed by atoms with Crippen molar-refractivity contribution in [2.24, 2.45) is 0 Å². The van der Waals surface area contributed by atoms with Crippen molar-refractivity contribution >= 4 is 33.0 Å². The van der Waals surface area contributed by atoms with Gasteiger partial charge >= 0.3 is 0 Å². The SMILES string of the molecule is CCc1ccc(S(=O)(=O)Nc2ccc(Nc3cc(N(CC)CC)nc(C)n3)cc2)cc1. The number of nitrogens with zero attached hydrogens (tertiary/aromatic N) is 3. The molecule has 0 amide bonds. The van der Waals surface area contributed by atoms with E-state index in [1.807, 2.05) is 44.2 Å². The van der Waals surface area contributed by atoms with Crippen LogP contribution in [0.1, 0.15) is 32.2 Å². The molecule has 2 N–H and O–H groups in total. The Morgan fingerprint density at radius 2 is 1.48 bits per heavy atom. The van der Waals surface area contributed by atoms with Gasteiger partial charge in [0.2, 0.25) is 0 Å². The molecule has 0 unspecified atom stereocenters. The summed E-state index contributed by atoms with van der Waals surface area (Å²) >= 11 is 0. The number of hydrogen-bond donors (Lipinski definition) is 2. The first kappa shape index (κ1) is 22.6. The Morgan fingerprint density at radius 1 is 0.871 bits per heavy atom. The molecule has 164 valence electrons. The Labute approximate surface area is 184 Å². The highest BCUT2D eigenvalue weighted by molar-refractivity contribution is 7.92. The normalized spacial score (nSPS) is 11.2. The van der Waals surface area contributed by atoms with E-state index in [0.29, 0.717) is 17.3 Å². The summed E-state index contributed by atoms with van der Waals surface area (Å²) in [5, 5.41) is 3.27. The van der Waals surface area contributed by atoms with Gasteiger partial charge in [0, 0.05) is 30.5 Å². The molecular formula is C23H29N5O2S. The van der Waals surface area contributed by atoms with Crippen molar-refractivity contribution < 1.29 is 8.42 Å². The zero-order valence-corrected chi connectivity index (χ0v) is 19.2. The summed E-state index contributed by atoms with van der Waals surface area (Å²) in [6.45, 7) is 9.80. The molecule has 3 aromatic rings. The first-order chi connectivity index (χ1) is 14.8. The van der Waals surface area contributed by atoms with Gasteiger partial charge in [-0.2, -0.15) is 0 Å². The van der Waals surface area contributed by atoms with Crippen LogP contribution in [0.5, 0.6) is 0 Å². The molecule has 0 bridgehead atoms. The van der Waals surface area contributed by atoms with Gasteiger partial charge in [0.05, 0.1) is 4.90 Å². The van der Waals surface area contributed by atoms with Gasteiger partial charge in [-0.05, 0) is 69.2 Å². The van der Waals surface area contributed by atoms with E-state index in [1.165, 1.54) is 0 Å². The number of benzene rings is 2. The number of aromatic nitrogens is 2. The molecular weight excluding hydrogens is 410 g/mol. The van der Waals surface area contributed by atoms with E-state index >= 15 is 0 Å². The smallest absolute Gasteiger partial charge is 0.261 e. The van der Waals surface area contributed by atoms with Gasteiger partial charge in [-0.25, -0.2) is 18.4 Å². The van der Waals surface area contributed by atoms with Crippen LogP contribution in [0.3, 0.4) is 0 Å². The van der Waals surface area contributed by atoms with Gasteiger partial charge < -0.3 is 10.2 Å². The lowest BCUT2D eigenvalue weighted by Gasteiger charge is -2.20. The van der Waals surface area contributed by atoms with Crippen molar-refractivity contribution in [3.05, 3.63) is 66.0 Å². The molecule has 0 saturated heterocycles. The largest absolute Gasteiger partial charge is 0.357 e. The van der Waals surface area contributed by atoms with Crippen LogP contribution in [0.15, 0.2) is 59.5 Å². The molecule has 0 atom stereocenters. The first-order valence-corrected chi connectivity index (χ1v) is 11.9. The molecule has 0 saturated carbocycles. The fourth-order valence-corrected chi connectivity index (χ4v) is 4.27. The van der Waals surface area contributed by atoms with Gasteiger partial charge in [-0.15, -0.1) is 0 Å². The minimum absolute atomic E-state index is 0.243. The predicted octanol–water partition coefficient (Wildman–Crippen LogP) is 4.74. The van der Waals surface area contributed by atoms with E-state index in [9.17, 15) is 8.42 Å². The van der Waals surface area contributed by atoms with Crippen LogP contribution in [0, 0.1) is 6.92 Å². The van der Waals surface area contributed by atoms with Crippen molar-refractivity contribution in [2.45, 2.75) is 39.0 Å². The van der Waals surface area contributed by atoms with Gasteiger partial charge in [0.1, 0.15) is 17.5 Å². The van der Waals surface area contributed by atoms with Crippen molar-refractivity contribution in [2.75, 3.05) is 28.0 Å². The van der Waals surface area contributed by atoms with E-state index in [2.05, 4.69) is 38.8 Å². The van der Waals surface area contributed by atoms with Gasteiger partial charge in [0.25, 0.3) is 10.0 Å². The molecule has 7 nitrogen and oxygen atoms in total. The Hall–Kier alpha value is -3.13. The summed E-state index contributed by atoms with van der Waals surface area (Å²) in [4.78, 5) is 11.4. The van der Waals surface area contributed by atoms with E-state index in [-0.39, 0.29) is 4.90 Å². The summed E-state index contributed by atoms with van der Waals surface area (Å²) in [6.07, 6.45) is 0.866. The first-order valence-electron chi connectivity index (χ1n) is 10.4. The molecule has 0 aliphatic carbocycles. The maximum atomic E-state index is 12.6. The quantitative estimate of drug-likeness (QED) is 0.501. The summed E-state index contributed by atoms with van der Waals surface area (Å²) in [5.41, 5.74) is 2.39. The summed E-state index contributed by atoms with van der Waals surface area (Å²) < 4.78 is 27.9. The van der Waals surface area contributed by atoms with Crippen LogP contribution >= 0.6 is 0 Å². The van der Waals surface area contributed by atoms with E-state index < -0.39 is 10.0 Å². The van der Waals surface area contributed by atoms with Crippen molar-refractivity contribution in [3.8, 4) is 0 Å². The van der Waals surface area contributed by atoms with Crippen LogP contribution in [0.2, 0.25) is 0 Å². The van der Waals surface area contributed by atoms with Crippen LogP contribution < -0.4 is 14.9 Å². The third-order valence-electron chi connectivity index (χ3n) is 4.96. The van der Waals surface area contributed by atoms with Crippen LogP contribution in [-0.4, -0.2) is 31.5 Å². The molecule has 2 aromatic carbocycles. The molecule has 1 aromatic heterocycles. The number of nitrogens with one attached hydrogen (secondary N) is 2. The molecule has 8 heteroatoms. The molecule has 3 rings (SSSR count). The molecule has 1 heterocycles. The van der Waals surface area contributed by atoms with Crippen molar-refractivity contribution in [1.29, 1.82) is 0 Å². The monoisotopic (exact) mass is 439 g/mol. The minimum Gasteiger partial charge on any atom is -0.357 e. The average molecular weight is 440 g/mol. The van der Waals surface area contributed by atoms with Crippen molar-refractivity contribution in [3.63, 3.8) is 0 Å². The number of rotatable bonds is 9. The summed E-state index contributed by atoms with van der Waals surface area (Å²) in [7, 11) is -3.63. The van der Waals surface area contributed by atoms with Crippen LogP contribution in [0.4, 0.5) is 23.0 Å².